The zero-order chi connectivity index (χ0) is 24.6. The van der Waals surface area contributed by atoms with E-state index in [4.69, 9.17) is 37.4 Å². The van der Waals surface area contributed by atoms with Crippen LogP contribution in [0.3, 0.4) is 0 Å². The van der Waals surface area contributed by atoms with Gasteiger partial charge in [0.05, 0.1) is 36.2 Å². The first-order chi connectivity index (χ1) is 17.0. The van der Waals surface area contributed by atoms with Gasteiger partial charge in [-0.05, 0) is 74.9 Å². The normalized spacial score (nSPS) is 12.8. The summed E-state index contributed by atoms with van der Waals surface area (Å²) in [6.45, 7) is 3.07. The number of carbonyl (C=O) groups excluding carboxylic acids is 1. The fourth-order valence-corrected chi connectivity index (χ4v) is 4.36. The standard InChI is InChI=1S/C26H29Cl2N3O4/c1-2-33-26(32)13-9-18-8-11-24(20(28)16-18)34-14-5-15-35-25-12-10-19(27)17-23(25)31-29-21-6-3-4-7-22(21)30-31/h8,10-12,16-17H,2-7,9,13-15H2,1H3. The Balaban J connectivity index is 1.28. The lowest BCUT2D eigenvalue weighted by Gasteiger charge is -2.12. The summed E-state index contributed by atoms with van der Waals surface area (Å²) in [6, 6.07) is 11.0. The van der Waals surface area contributed by atoms with Gasteiger partial charge in [0.2, 0.25) is 0 Å². The monoisotopic (exact) mass is 517 g/mol. The number of halogens is 2. The lowest BCUT2D eigenvalue weighted by molar-refractivity contribution is -0.143. The number of benzene rings is 2. The van der Waals surface area contributed by atoms with E-state index in [-0.39, 0.29) is 5.97 Å². The predicted molar refractivity (Wildman–Crippen MR) is 135 cm³/mol. The highest BCUT2D eigenvalue weighted by Crippen LogP contribution is 2.28. The Kier molecular flexibility index (Phi) is 8.88. The molecule has 4 rings (SSSR count). The number of ether oxygens (including phenoxy) is 3. The summed E-state index contributed by atoms with van der Waals surface area (Å²) in [4.78, 5) is 13.2. The summed E-state index contributed by atoms with van der Waals surface area (Å²) in [5.74, 6) is 1.06. The van der Waals surface area contributed by atoms with Crippen LogP contribution in [0.2, 0.25) is 10.0 Å². The molecule has 0 bridgehead atoms. The molecule has 0 radical (unpaired) electrons. The Morgan fingerprint density at radius 1 is 0.971 bits per heavy atom. The lowest BCUT2D eigenvalue weighted by Crippen LogP contribution is -2.08. The van der Waals surface area contributed by atoms with E-state index in [1.54, 1.807) is 17.8 Å². The zero-order valence-corrected chi connectivity index (χ0v) is 21.3. The highest BCUT2D eigenvalue weighted by Gasteiger charge is 2.18. The van der Waals surface area contributed by atoms with Crippen LogP contribution in [0.1, 0.15) is 49.6 Å². The summed E-state index contributed by atoms with van der Waals surface area (Å²) < 4.78 is 16.8. The average molecular weight is 518 g/mol. The molecule has 35 heavy (non-hydrogen) atoms. The van der Waals surface area contributed by atoms with Crippen LogP contribution in [-0.2, 0) is 28.8 Å². The largest absolute Gasteiger partial charge is 0.492 e. The smallest absolute Gasteiger partial charge is 0.306 e. The molecule has 0 aliphatic heterocycles. The summed E-state index contributed by atoms with van der Waals surface area (Å²) in [6.07, 6.45) is 5.76. The van der Waals surface area contributed by atoms with Crippen molar-refractivity contribution in [1.82, 2.24) is 15.0 Å². The lowest BCUT2D eigenvalue weighted by atomic mass is 10.0. The number of fused-ring (bicyclic) bond motifs is 1. The van der Waals surface area contributed by atoms with Gasteiger partial charge in [-0.25, -0.2) is 0 Å². The van der Waals surface area contributed by atoms with Crippen molar-refractivity contribution in [3.8, 4) is 17.2 Å². The molecular formula is C26H29Cl2N3O4. The molecule has 0 saturated carbocycles. The molecule has 0 spiro atoms. The van der Waals surface area contributed by atoms with Crippen molar-refractivity contribution in [2.24, 2.45) is 0 Å². The predicted octanol–water partition coefficient (Wildman–Crippen LogP) is 5.80. The third-order valence-electron chi connectivity index (χ3n) is 5.70. The van der Waals surface area contributed by atoms with Crippen LogP contribution in [0.15, 0.2) is 36.4 Å². The molecule has 1 aliphatic rings. The second-order valence-corrected chi connectivity index (χ2v) is 9.17. The molecule has 0 atom stereocenters. The molecule has 1 aliphatic carbocycles. The molecule has 0 unspecified atom stereocenters. The first-order valence-corrected chi connectivity index (χ1v) is 12.7. The van der Waals surface area contributed by atoms with Gasteiger partial charge >= 0.3 is 5.97 Å². The number of nitrogens with zero attached hydrogens (tertiary/aromatic N) is 3. The third-order valence-corrected chi connectivity index (χ3v) is 6.23. The van der Waals surface area contributed by atoms with Gasteiger partial charge in [0, 0.05) is 17.9 Å². The highest BCUT2D eigenvalue weighted by atomic mass is 35.5. The Bertz CT molecular complexity index is 1140. The second-order valence-electron chi connectivity index (χ2n) is 8.32. The van der Waals surface area contributed by atoms with E-state index in [1.165, 1.54) is 0 Å². The van der Waals surface area contributed by atoms with Gasteiger partial charge in [-0.3, -0.25) is 4.79 Å². The van der Waals surface area contributed by atoms with Crippen molar-refractivity contribution in [3.05, 3.63) is 63.4 Å². The van der Waals surface area contributed by atoms with E-state index >= 15 is 0 Å². The number of rotatable bonds is 11. The van der Waals surface area contributed by atoms with Gasteiger partial charge in [-0.1, -0.05) is 29.3 Å². The minimum absolute atomic E-state index is 0.212. The van der Waals surface area contributed by atoms with Crippen molar-refractivity contribution in [2.45, 2.75) is 51.9 Å². The molecule has 0 saturated heterocycles. The molecule has 0 N–H and O–H groups in total. The van der Waals surface area contributed by atoms with E-state index in [2.05, 4.69) is 10.2 Å². The molecule has 1 aromatic heterocycles. The molecular weight excluding hydrogens is 489 g/mol. The molecule has 0 fully saturated rings. The number of carbonyl (C=O) groups is 1. The molecule has 0 amide bonds. The molecule has 9 heteroatoms. The van der Waals surface area contributed by atoms with Crippen molar-refractivity contribution < 1.29 is 19.0 Å². The average Bonchev–Trinajstić information content (AvgIpc) is 3.29. The summed E-state index contributed by atoms with van der Waals surface area (Å²) >= 11 is 12.6. The zero-order valence-electron chi connectivity index (χ0n) is 19.8. The van der Waals surface area contributed by atoms with Crippen LogP contribution < -0.4 is 9.47 Å². The van der Waals surface area contributed by atoms with Crippen LogP contribution in [0.25, 0.3) is 5.69 Å². The molecule has 2 aromatic carbocycles. The van der Waals surface area contributed by atoms with Crippen molar-refractivity contribution >= 4 is 29.2 Å². The van der Waals surface area contributed by atoms with Crippen molar-refractivity contribution in [2.75, 3.05) is 19.8 Å². The molecule has 3 aromatic rings. The van der Waals surface area contributed by atoms with Crippen LogP contribution in [0.5, 0.6) is 11.5 Å². The minimum atomic E-state index is -0.212. The minimum Gasteiger partial charge on any atom is -0.492 e. The molecule has 7 nitrogen and oxygen atoms in total. The number of hydrogen-bond acceptors (Lipinski definition) is 6. The first kappa shape index (κ1) is 25.3. The van der Waals surface area contributed by atoms with Crippen molar-refractivity contribution in [1.29, 1.82) is 0 Å². The Morgan fingerprint density at radius 3 is 2.34 bits per heavy atom. The topological polar surface area (TPSA) is 75.5 Å². The number of hydrogen-bond donors (Lipinski definition) is 0. The Labute approximate surface area is 215 Å². The Hall–Kier alpha value is -2.77. The van der Waals surface area contributed by atoms with Gasteiger partial charge in [0.1, 0.15) is 17.2 Å². The van der Waals surface area contributed by atoms with E-state index in [1.807, 2.05) is 30.3 Å². The number of aromatic nitrogens is 3. The van der Waals surface area contributed by atoms with Gasteiger partial charge in [0.15, 0.2) is 0 Å². The number of esters is 1. The fraction of sp³-hybridized carbons (Fsp3) is 0.423. The maximum Gasteiger partial charge on any atom is 0.306 e. The van der Waals surface area contributed by atoms with Crippen LogP contribution >= 0.6 is 23.2 Å². The quantitative estimate of drug-likeness (QED) is 0.236. The van der Waals surface area contributed by atoms with Crippen LogP contribution in [-0.4, -0.2) is 40.8 Å². The summed E-state index contributed by atoms with van der Waals surface area (Å²) in [7, 11) is 0. The van der Waals surface area contributed by atoms with E-state index in [0.29, 0.717) is 60.6 Å². The summed E-state index contributed by atoms with van der Waals surface area (Å²) in [5.41, 5.74) is 3.80. The van der Waals surface area contributed by atoms with Gasteiger partial charge in [0.25, 0.3) is 0 Å². The van der Waals surface area contributed by atoms with Crippen LogP contribution in [0.4, 0.5) is 0 Å². The highest BCUT2D eigenvalue weighted by molar-refractivity contribution is 6.32. The molecule has 186 valence electrons. The maximum atomic E-state index is 11.5. The number of aryl methyl sites for hydroxylation is 3. The Morgan fingerprint density at radius 2 is 1.66 bits per heavy atom. The third kappa shape index (κ3) is 6.89. The second kappa shape index (κ2) is 12.3. The SMILES string of the molecule is CCOC(=O)CCc1ccc(OCCCOc2ccc(Cl)cc2-n2nc3c(n2)CCCC3)c(Cl)c1. The van der Waals surface area contributed by atoms with Gasteiger partial charge < -0.3 is 14.2 Å². The first-order valence-electron chi connectivity index (χ1n) is 12.0. The van der Waals surface area contributed by atoms with E-state index in [0.717, 1.165) is 48.3 Å². The van der Waals surface area contributed by atoms with Crippen molar-refractivity contribution in [3.63, 3.8) is 0 Å². The molecule has 1 heterocycles. The fourth-order valence-electron chi connectivity index (χ4n) is 3.94. The van der Waals surface area contributed by atoms with Gasteiger partial charge in [-0.2, -0.15) is 10.2 Å². The van der Waals surface area contributed by atoms with Gasteiger partial charge in [-0.15, -0.1) is 4.80 Å². The summed E-state index contributed by atoms with van der Waals surface area (Å²) in [5, 5.41) is 10.4. The maximum absolute atomic E-state index is 11.5. The van der Waals surface area contributed by atoms with E-state index in [9.17, 15) is 4.79 Å². The van der Waals surface area contributed by atoms with Crippen LogP contribution in [0, 0.1) is 0 Å². The van der Waals surface area contributed by atoms with E-state index < -0.39 is 0 Å².